The van der Waals surface area contributed by atoms with Gasteiger partial charge in [-0.25, -0.2) is 0 Å². The summed E-state index contributed by atoms with van der Waals surface area (Å²) in [5.41, 5.74) is 0.00176. The van der Waals surface area contributed by atoms with Crippen LogP contribution in [0.2, 0.25) is 15.1 Å². The Labute approximate surface area is 132 Å². The summed E-state index contributed by atoms with van der Waals surface area (Å²) < 4.78 is 5.47. The highest BCUT2D eigenvalue weighted by Gasteiger charge is 2.09. The maximum atomic E-state index is 11.7. The third-order valence-electron chi connectivity index (χ3n) is 2.43. The SMILES string of the molecule is O=C(NCCOc1c(Cl)cc(Cl)cc1Cl)p1cccc1. The molecule has 7 heteroatoms. The molecule has 2 rings (SSSR count). The van der Waals surface area contributed by atoms with Gasteiger partial charge in [0.1, 0.15) is 6.61 Å². The highest BCUT2D eigenvalue weighted by molar-refractivity contribution is 7.66. The fourth-order valence-electron chi connectivity index (χ4n) is 1.54. The molecule has 0 radical (unpaired) electrons. The average molecular weight is 351 g/mol. The van der Waals surface area contributed by atoms with E-state index in [9.17, 15) is 4.79 Å². The van der Waals surface area contributed by atoms with Gasteiger partial charge in [-0.05, 0) is 31.3 Å². The van der Waals surface area contributed by atoms with Crippen molar-refractivity contribution in [3.63, 3.8) is 0 Å². The lowest BCUT2D eigenvalue weighted by Gasteiger charge is -2.10. The molecule has 0 spiro atoms. The Balaban J connectivity index is 1.83. The molecular formula is C13H11Cl3NO2P. The van der Waals surface area contributed by atoms with Gasteiger partial charge in [-0.2, -0.15) is 0 Å². The molecule has 1 aromatic carbocycles. The van der Waals surface area contributed by atoms with E-state index in [0.717, 1.165) is 0 Å². The predicted octanol–water partition coefficient (Wildman–Crippen LogP) is 5.27. The lowest BCUT2D eigenvalue weighted by molar-refractivity contribution is 0.255. The van der Waals surface area contributed by atoms with Crippen LogP contribution in [0, 0.1) is 0 Å². The molecule has 0 saturated heterocycles. The maximum absolute atomic E-state index is 11.7. The monoisotopic (exact) mass is 349 g/mol. The van der Waals surface area contributed by atoms with E-state index in [0.29, 0.717) is 27.4 Å². The molecule has 1 N–H and O–H groups in total. The number of rotatable bonds is 5. The van der Waals surface area contributed by atoms with Crippen molar-refractivity contribution >= 4 is 48.0 Å². The molecule has 0 atom stereocenters. The van der Waals surface area contributed by atoms with Crippen molar-refractivity contribution in [3.05, 3.63) is 50.9 Å². The summed E-state index contributed by atoms with van der Waals surface area (Å²) in [7, 11) is -0.830. The second-order valence-electron chi connectivity index (χ2n) is 3.87. The third kappa shape index (κ3) is 4.07. The van der Waals surface area contributed by atoms with E-state index >= 15 is 0 Å². The zero-order valence-corrected chi connectivity index (χ0v) is 13.4. The minimum absolute atomic E-state index is 0.00176. The summed E-state index contributed by atoms with van der Waals surface area (Å²) in [6, 6.07) is 6.85. The summed E-state index contributed by atoms with van der Waals surface area (Å²) >= 11 is 17.8. The second-order valence-corrected chi connectivity index (χ2v) is 6.94. The summed E-state index contributed by atoms with van der Waals surface area (Å²) in [6.07, 6.45) is 0. The van der Waals surface area contributed by atoms with Crippen LogP contribution in [0.5, 0.6) is 5.75 Å². The fourth-order valence-corrected chi connectivity index (χ4v) is 3.70. The van der Waals surface area contributed by atoms with E-state index in [-0.39, 0.29) is 12.3 Å². The van der Waals surface area contributed by atoms with Gasteiger partial charge < -0.3 is 10.1 Å². The molecular weight excluding hydrogens is 339 g/mol. The number of ether oxygens (including phenoxy) is 1. The van der Waals surface area contributed by atoms with E-state index in [1.807, 2.05) is 23.7 Å². The highest BCUT2D eigenvalue weighted by Crippen LogP contribution is 2.35. The maximum Gasteiger partial charge on any atom is 0.265 e. The van der Waals surface area contributed by atoms with Crippen molar-refractivity contribution in [2.75, 3.05) is 13.2 Å². The van der Waals surface area contributed by atoms with Crippen LogP contribution in [0.4, 0.5) is 4.79 Å². The first-order valence-corrected chi connectivity index (χ1v) is 8.38. The second kappa shape index (κ2) is 7.24. The lowest BCUT2D eigenvalue weighted by Crippen LogP contribution is -2.24. The van der Waals surface area contributed by atoms with Crippen LogP contribution in [0.25, 0.3) is 0 Å². The topological polar surface area (TPSA) is 38.3 Å². The number of benzene rings is 1. The summed E-state index contributed by atoms with van der Waals surface area (Å²) in [4.78, 5) is 11.7. The van der Waals surface area contributed by atoms with Crippen molar-refractivity contribution in [3.8, 4) is 5.75 Å². The highest BCUT2D eigenvalue weighted by atomic mass is 35.5. The Morgan fingerprint density at radius 2 is 1.75 bits per heavy atom. The van der Waals surface area contributed by atoms with Gasteiger partial charge in [-0.1, -0.05) is 46.9 Å². The van der Waals surface area contributed by atoms with Crippen molar-refractivity contribution in [2.45, 2.75) is 0 Å². The van der Waals surface area contributed by atoms with Crippen LogP contribution in [0.3, 0.4) is 0 Å². The molecule has 3 nitrogen and oxygen atoms in total. The first-order valence-electron chi connectivity index (χ1n) is 5.76. The van der Waals surface area contributed by atoms with Crippen LogP contribution in [0.15, 0.2) is 35.9 Å². The van der Waals surface area contributed by atoms with Crippen molar-refractivity contribution in [1.82, 2.24) is 5.32 Å². The molecule has 0 aliphatic carbocycles. The quantitative estimate of drug-likeness (QED) is 0.746. The molecule has 1 heterocycles. The Morgan fingerprint density at radius 1 is 1.15 bits per heavy atom. The van der Waals surface area contributed by atoms with Gasteiger partial charge in [0.25, 0.3) is 5.65 Å². The zero-order chi connectivity index (χ0) is 14.5. The van der Waals surface area contributed by atoms with Gasteiger partial charge in [0.15, 0.2) is 5.75 Å². The molecule has 0 aliphatic heterocycles. The molecule has 0 bridgehead atoms. The van der Waals surface area contributed by atoms with Gasteiger partial charge in [0.2, 0.25) is 0 Å². The fraction of sp³-hybridized carbons (Fsp3) is 0.154. The van der Waals surface area contributed by atoms with E-state index in [2.05, 4.69) is 5.32 Å². The zero-order valence-electron chi connectivity index (χ0n) is 10.3. The number of amides is 1. The van der Waals surface area contributed by atoms with E-state index < -0.39 is 7.53 Å². The molecule has 0 saturated carbocycles. The summed E-state index contributed by atoms with van der Waals surface area (Å²) in [5, 5.41) is 3.94. The molecule has 0 aliphatic rings. The van der Waals surface area contributed by atoms with Gasteiger partial charge in [-0.3, -0.25) is 4.79 Å². The molecule has 0 unspecified atom stereocenters. The van der Waals surface area contributed by atoms with E-state index in [1.165, 1.54) is 0 Å². The van der Waals surface area contributed by atoms with Crippen molar-refractivity contribution in [2.24, 2.45) is 0 Å². The number of hydrogen-bond donors (Lipinski definition) is 1. The van der Waals surface area contributed by atoms with Crippen molar-refractivity contribution < 1.29 is 9.53 Å². The number of nitrogens with one attached hydrogen (secondary N) is 1. The Bertz CT molecular complexity index is 579. The van der Waals surface area contributed by atoms with Crippen LogP contribution in [-0.4, -0.2) is 18.8 Å². The van der Waals surface area contributed by atoms with Gasteiger partial charge >= 0.3 is 0 Å². The molecule has 1 amide bonds. The third-order valence-corrected chi connectivity index (χ3v) is 4.82. The average Bonchev–Trinajstić information content (AvgIpc) is 2.90. The van der Waals surface area contributed by atoms with Gasteiger partial charge in [-0.15, -0.1) is 0 Å². The lowest BCUT2D eigenvalue weighted by atomic mass is 10.3. The smallest absolute Gasteiger partial charge is 0.265 e. The summed E-state index contributed by atoms with van der Waals surface area (Å²) in [5.74, 6) is 4.15. The molecule has 0 fully saturated rings. The summed E-state index contributed by atoms with van der Waals surface area (Å²) in [6.45, 7) is 0.665. The van der Waals surface area contributed by atoms with Crippen LogP contribution >= 0.6 is 42.3 Å². The Hall–Kier alpha value is -0.860. The minimum atomic E-state index is -0.830. The van der Waals surface area contributed by atoms with E-state index in [1.54, 1.807) is 12.1 Å². The molecule has 20 heavy (non-hydrogen) atoms. The van der Waals surface area contributed by atoms with Gasteiger partial charge in [0.05, 0.1) is 16.6 Å². The number of halogens is 3. The predicted molar refractivity (Wildman–Crippen MR) is 84.9 cm³/mol. The molecule has 2 aromatic rings. The van der Waals surface area contributed by atoms with Crippen LogP contribution in [-0.2, 0) is 0 Å². The first-order chi connectivity index (χ1) is 9.58. The van der Waals surface area contributed by atoms with Crippen LogP contribution < -0.4 is 10.1 Å². The minimum Gasteiger partial charge on any atom is -0.489 e. The number of carbonyl (C=O) groups is 1. The number of hydrogen-bond acceptors (Lipinski definition) is 2. The normalized spacial score (nSPS) is 10.3. The Morgan fingerprint density at radius 3 is 2.35 bits per heavy atom. The van der Waals surface area contributed by atoms with Gasteiger partial charge in [0, 0.05) is 5.02 Å². The molecule has 1 aromatic heterocycles. The van der Waals surface area contributed by atoms with Crippen molar-refractivity contribution in [1.29, 1.82) is 0 Å². The van der Waals surface area contributed by atoms with Crippen LogP contribution in [0.1, 0.15) is 0 Å². The molecule has 106 valence electrons. The Kier molecular flexibility index (Phi) is 5.62. The standard InChI is InChI=1S/C13H11Cl3NO2P/c14-9-7-10(15)12(11(16)8-9)19-4-3-17-13(18)20-5-1-2-6-20/h1-2,5-8H,3-4H2,(H,17,18). The largest absolute Gasteiger partial charge is 0.489 e. The first kappa shape index (κ1) is 15.5. The number of carbonyl (C=O) groups excluding carboxylic acids is 1. The van der Waals surface area contributed by atoms with E-state index in [4.69, 9.17) is 39.5 Å².